The average Bonchev–Trinajstić information content (AvgIpc) is 3.10. The summed E-state index contributed by atoms with van der Waals surface area (Å²) in [7, 11) is 0. The Balaban J connectivity index is 2.13. The largest absolute Gasteiger partial charge is 0.291 e. The number of fused-ring (bicyclic) bond motifs is 1. The predicted molar refractivity (Wildman–Crippen MR) is 69.7 cm³/mol. The highest BCUT2D eigenvalue weighted by molar-refractivity contribution is 6.07. The summed E-state index contributed by atoms with van der Waals surface area (Å²) in [5.41, 5.74) is 1.54. The zero-order valence-electron chi connectivity index (χ0n) is 11.4. The van der Waals surface area contributed by atoms with Crippen molar-refractivity contribution in [2.24, 2.45) is 0 Å². The van der Waals surface area contributed by atoms with E-state index in [-0.39, 0.29) is 5.91 Å². The van der Waals surface area contributed by atoms with Crippen LogP contribution < -0.4 is 4.90 Å². The number of nitrogens with zero attached hydrogens (tertiary/aromatic N) is 3. The Morgan fingerprint density at radius 2 is 2.00 bits per heavy atom. The highest BCUT2D eigenvalue weighted by atomic mass is 16.2. The van der Waals surface area contributed by atoms with Gasteiger partial charge in [-0.2, -0.15) is 5.10 Å². The molecule has 0 atom stereocenters. The normalized spacial score (nSPS) is 21.6. The molecule has 4 nitrogen and oxygen atoms in total. The van der Waals surface area contributed by atoms with Crippen molar-refractivity contribution in [3.05, 3.63) is 17.3 Å². The van der Waals surface area contributed by atoms with Crippen molar-refractivity contribution in [1.29, 1.82) is 0 Å². The summed E-state index contributed by atoms with van der Waals surface area (Å²) >= 11 is 0. The molecule has 0 spiro atoms. The Hall–Kier alpha value is -1.45. The number of amides is 1. The summed E-state index contributed by atoms with van der Waals surface area (Å²) in [5.74, 6) is 1.30. The second-order valence-corrected chi connectivity index (χ2v) is 6.19. The van der Waals surface area contributed by atoms with Crippen molar-refractivity contribution in [1.82, 2.24) is 10.2 Å². The van der Waals surface area contributed by atoms with E-state index >= 15 is 0 Å². The number of carbonyl (C=O) groups excluding carboxylic acids is 1. The molecule has 0 radical (unpaired) electrons. The van der Waals surface area contributed by atoms with Crippen LogP contribution in [0.4, 0.5) is 5.82 Å². The summed E-state index contributed by atoms with van der Waals surface area (Å²) in [6.45, 7) is 8.17. The molecule has 1 aliphatic carbocycles. The third-order valence-electron chi connectivity index (χ3n) is 3.95. The zero-order valence-corrected chi connectivity index (χ0v) is 11.4. The summed E-state index contributed by atoms with van der Waals surface area (Å²) < 4.78 is 0. The van der Waals surface area contributed by atoms with Crippen molar-refractivity contribution >= 4 is 11.7 Å². The highest BCUT2D eigenvalue weighted by Gasteiger charge is 2.50. The van der Waals surface area contributed by atoms with E-state index in [1.165, 1.54) is 0 Å². The third-order valence-corrected chi connectivity index (χ3v) is 3.95. The average molecular weight is 245 g/mol. The summed E-state index contributed by atoms with van der Waals surface area (Å²) in [6.07, 6.45) is 2.18. The van der Waals surface area contributed by atoms with Gasteiger partial charge in [-0.05, 0) is 38.7 Å². The van der Waals surface area contributed by atoms with Gasteiger partial charge in [0.05, 0.1) is 11.1 Å². The number of anilines is 1. The molecule has 0 aromatic carbocycles. The van der Waals surface area contributed by atoms with Gasteiger partial charge >= 0.3 is 0 Å². The number of carbonyl (C=O) groups is 1. The topological polar surface area (TPSA) is 46.1 Å². The van der Waals surface area contributed by atoms with Crippen LogP contribution in [-0.2, 0) is 10.2 Å². The Bertz CT molecular complexity index is 518. The molecule has 4 heteroatoms. The van der Waals surface area contributed by atoms with E-state index in [4.69, 9.17) is 0 Å². The maximum absolute atomic E-state index is 12.5. The maximum Gasteiger partial charge on any atom is 0.238 e. The number of hydrogen-bond donors (Lipinski definition) is 0. The molecular weight excluding hydrogens is 226 g/mol. The van der Waals surface area contributed by atoms with Gasteiger partial charge in [0.1, 0.15) is 0 Å². The number of rotatable bonds is 2. The van der Waals surface area contributed by atoms with Gasteiger partial charge in [0.2, 0.25) is 5.91 Å². The standard InChI is InChI=1S/C14H19N3O/c1-8(2)11-7-10-12(16-15-11)17(9-5-6-9)13(18)14(10,3)4/h7-9H,5-6H2,1-4H3. The summed E-state index contributed by atoms with van der Waals surface area (Å²) in [5, 5.41) is 8.59. The van der Waals surface area contributed by atoms with E-state index in [1.807, 2.05) is 18.7 Å². The van der Waals surface area contributed by atoms with Crippen molar-refractivity contribution in [3.8, 4) is 0 Å². The molecule has 1 aromatic rings. The first-order valence-electron chi connectivity index (χ1n) is 6.64. The van der Waals surface area contributed by atoms with Gasteiger partial charge in [-0.25, -0.2) is 0 Å². The van der Waals surface area contributed by atoms with Gasteiger partial charge in [-0.15, -0.1) is 5.10 Å². The smallest absolute Gasteiger partial charge is 0.238 e. The van der Waals surface area contributed by atoms with Crippen LogP contribution in [0.25, 0.3) is 0 Å². The van der Waals surface area contributed by atoms with Crippen LogP contribution >= 0.6 is 0 Å². The first kappa shape index (κ1) is 11.6. The van der Waals surface area contributed by atoms with E-state index in [9.17, 15) is 4.79 Å². The fourth-order valence-electron chi connectivity index (χ4n) is 2.50. The van der Waals surface area contributed by atoms with Crippen molar-refractivity contribution < 1.29 is 4.79 Å². The van der Waals surface area contributed by atoms with Crippen molar-refractivity contribution in [3.63, 3.8) is 0 Å². The van der Waals surface area contributed by atoms with E-state index in [1.54, 1.807) is 0 Å². The van der Waals surface area contributed by atoms with E-state index < -0.39 is 5.41 Å². The SMILES string of the molecule is CC(C)c1cc2c(nn1)N(C1CC1)C(=O)C2(C)C. The second-order valence-electron chi connectivity index (χ2n) is 6.19. The van der Waals surface area contributed by atoms with Gasteiger partial charge in [0.15, 0.2) is 5.82 Å². The lowest BCUT2D eigenvalue weighted by molar-refractivity contribution is -0.122. The first-order chi connectivity index (χ1) is 8.43. The molecule has 2 aliphatic rings. The third kappa shape index (κ3) is 1.48. The summed E-state index contributed by atoms with van der Waals surface area (Å²) in [4.78, 5) is 14.4. The maximum atomic E-state index is 12.5. The number of hydrogen-bond acceptors (Lipinski definition) is 3. The van der Waals surface area contributed by atoms with E-state index in [0.29, 0.717) is 12.0 Å². The minimum atomic E-state index is -0.461. The Kier molecular flexibility index (Phi) is 2.28. The fourth-order valence-corrected chi connectivity index (χ4v) is 2.50. The van der Waals surface area contributed by atoms with Crippen LogP contribution in [0.2, 0.25) is 0 Å². The molecule has 96 valence electrons. The molecule has 0 unspecified atom stereocenters. The minimum absolute atomic E-state index is 0.176. The molecule has 1 saturated carbocycles. The van der Waals surface area contributed by atoms with Crippen molar-refractivity contribution in [2.75, 3.05) is 4.90 Å². The first-order valence-corrected chi connectivity index (χ1v) is 6.64. The van der Waals surface area contributed by atoms with Crippen LogP contribution in [-0.4, -0.2) is 22.1 Å². The second kappa shape index (κ2) is 3.53. The molecule has 1 aromatic heterocycles. The van der Waals surface area contributed by atoms with Gasteiger partial charge in [0.25, 0.3) is 0 Å². The molecule has 1 aliphatic heterocycles. The lowest BCUT2D eigenvalue weighted by Crippen LogP contribution is -2.37. The number of aromatic nitrogens is 2. The molecule has 0 saturated heterocycles. The molecular formula is C14H19N3O. The monoisotopic (exact) mass is 245 g/mol. The van der Waals surface area contributed by atoms with Crippen LogP contribution in [0.15, 0.2) is 6.07 Å². The van der Waals surface area contributed by atoms with Crippen LogP contribution in [0.3, 0.4) is 0 Å². The van der Waals surface area contributed by atoms with Gasteiger partial charge in [0, 0.05) is 11.6 Å². The molecule has 18 heavy (non-hydrogen) atoms. The molecule has 3 rings (SSSR count). The summed E-state index contributed by atoms with van der Waals surface area (Å²) in [6, 6.07) is 2.42. The van der Waals surface area contributed by atoms with Crippen LogP contribution in [0.5, 0.6) is 0 Å². The molecule has 0 bridgehead atoms. The van der Waals surface area contributed by atoms with E-state index in [0.717, 1.165) is 29.9 Å². The van der Waals surface area contributed by atoms with Crippen LogP contribution in [0.1, 0.15) is 57.7 Å². The minimum Gasteiger partial charge on any atom is -0.291 e. The molecule has 2 heterocycles. The Morgan fingerprint density at radius 1 is 1.33 bits per heavy atom. The molecule has 0 N–H and O–H groups in total. The van der Waals surface area contributed by atoms with Gasteiger partial charge < -0.3 is 0 Å². The lowest BCUT2D eigenvalue weighted by atomic mass is 9.86. The van der Waals surface area contributed by atoms with Crippen LogP contribution in [0, 0.1) is 0 Å². The fraction of sp³-hybridized carbons (Fsp3) is 0.643. The van der Waals surface area contributed by atoms with E-state index in [2.05, 4.69) is 30.1 Å². The molecule has 1 amide bonds. The quantitative estimate of drug-likeness (QED) is 0.803. The van der Waals surface area contributed by atoms with Crippen molar-refractivity contribution in [2.45, 2.75) is 57.9 Å². The van der Waals surface area contributed by atoms with Gasteiger partial charge in [-0.3, -0.25) is 9.69 Å². The predicted octanol–water partition coefficient (Wildman–Crippen LogP) is 2.39. The van der Waals surface area contributed by atoms with Gasteiger partial charge in [-0.1, -0.05) is 13.8 Å². The Labute approximate surface area is 107 Å². The highest BCUT2D eigenvalue weighted by Crippen LogP contribution is 2.45. The molecule has 1 fully saturated rings. The Morgan fingerprint density at radius 3 is 2.56 bits per heavy atom. The lowest BCUT2D eigenvalue weighted by Gasteiger charge is -2.18. The zero-order chi connectivity index (χ0) is 13.1.